The predicted octanol–water partition coefficient (Wildman–Crippen LogP) is 3.95. The third kappa shape index (κ3) is 4.09. The average Bonchev–Trinajstić information content (AvgIpc) is 3.01. The van der Waals surface area contributed by atoms with Gasteiger partial charge in [0, 0.05) is 12.0 Å². The van der Waals surface area contributed by atoms with E-state index >= 15 is 0 Å². The van der Waals surface area contributed by atoms with Gasteiger partial charge in [-0.1, -0.05) is 12.1 Å². The molecule has 3 aromatic rings. The lowest BCUT2D eigenvalue weighted by Crippen LogP contribution is -2.29. The molecule has 0 fully saturated rings. The fraction of sp³-hybridized carbons (Fsp3) is 0.333. The maximum atomic E-state index is 12.9. The Labute approximate surface area is 168 Å². The van der Waals surface area contributed by atoms with E-state index in [0.29, 0.717) is 30.3 Å². The van der Waals surface area contributed by atoms with Crippen LogP contribution in [0, 0.1) is 0 Å². The number of nitrogens with one attached hydrogen (secondary N) is 2. The summed E-state index contributed by atoms with van der Waals surface area (Å²) in [4.78, 5) is 20.9. The molecule has 0 saturated heterocycles. The minimum Gasteiger partial charge on any atom is -0.490 e. The largest absolute Gasteiger partial charge is 0.490 e. The van der Waals surface area contributed by atoms with Gasteiger partial charge in [0.1, 0.15) is 5.82 Å². The van der Waals surface area contributed by atoms with Crippen LogP contribution in [0.3, 0.4) is 0 Å². The highest BCUT2D eigenvalue weighted by atomic mass is 32.2. The number of amides is 1. The summed E-state index contributed by atoms with van der Waals surface area (Å²) in [7, 11) is 0. The molecular weight excluding hydrogens is 374 g/mol. The fourth-order valence-electron chi connectivity index (χ4n) is 3.20. The van der Waals surface area contributed by atoms with Crippen LogP contribution in [0.4, 0.5) is 0 Å². The summed E-state index contributed by atoms with van der Waals surface area (Å²) in [6.45, 7) is 1.22. The van der Waals surface area contributed by atoms with Gasteiger partial charge in [-0.15, -0.1) is 0 Å². The SMILES string of the molecule is CSCCC(NC(=O)c1ccc2c(c1)OCCCO2)c1nc2ccccc2[nH]1. The number of carbonyl (C=O) groups excluding carboxylic acids is 1. The first-order valence-corrected chi connectivity index (χ1v) is 10.8. The van der Waals surface area contributed by atoms with Crippen LogP contribution in [0.15, 0.2) is 42.5 Å². The van der Waals surface area contributed by atoms with Crippen LogP contribution in [0.25, 0.3) is 11.0 Å². The van der Waals surface area contributed by atoms with Gasteiger partial charge in [-0.2, -0.15) is 11.8 Å². The normalized spacial score (nSPS) is 14.5. The van der Waals surface area contributed by atoms with E-state index in [1.165, 1.54) is 0 Å². The average molecular weight is 398 g/mol. The predicted molar refractivity (Wildman–Crippen MR) is 111 cm³/mol. The second-order valence-corrected chi connectivity index (χ2v) is 7.64. The summed E-state index contributed by atoms with van der Waals surface area (Å²) in [5.41, 5.74) is 2.42. The van der Waals surface area contributed by atoms with Gasteiger partial charge in [-0.25, -0.2) is 4.98 Å². The molecule has 28 heavy (non-hydrogen) atoms. The number of thioether (sulfide) groups is 1. The number of nitrogens with zero attached hydrogens (tertiary/aromatic N) is 1. The van der Waals surface area contributed by atoms with Crippen molar-refractivity contribution in [1.82, 2.24) is 15.3 Å². The molecule has 0 spiro atoms. The Kier molecular flexibility index (Phi) is 5.71. The van der Waals surface area contributed by atoms with Crippen molar-refractivity contribution in [3.05, 3.63) is 53.9 Å². The Morgan fingerprint density at radius 3 is 2.86 bits per heavy atom. The Morgan fingerprint density at radius 2 is 2.04 bits per heavy atom. The zero-order chi connectivity index (χ0) is 19.3. The van der Waals surface area contributed by atoms with Gasteiger partial charge < -0.3 is 19.8 Å². The van der Waals surface area contributed by atoms with Gasteiger partial charge >= 0.3 is 0 Å². The van der Waals surface area contributed by atoms with Crippen molar-refractivity contribution >= 4 is 28.7 Å². The number of carbonyl (C=O) groups is 1. The molecule has 146 valence electrons. The van der Waals surface area contributed by atoms with Crippen LogP contribution in [-0.4, -0.2) is 41.1 Å². The molecule has 1 aromatic heterocycles. The molecule has 2 N–H and O–H groups in total. The maximum absolute atomic E-state index is 12.9. The molecule has 1 aliphatic rings. The molecule has 0 aliphatic carbocycles. The number of aromatic nitrogens is 2. The highest BCUT2D eigenvalue weighted by Crippen LogP contribution is 2.30. The molecule has 0 bridgehead atoms. The minimum absolute atomic E-state index is 0.151. The smallest absolute Gasteiger partial charge is 0.252 e. The number of H-pyrrole nitrogens is 1. The molecule has 2 aromatic carbocycles. The van der Waals surface area contributed by atoms with Gasteiger partial charge in [0.05, 0.1) is 30.3 Å². The second kappa shape index (κ2) is 8.56. The number of benzene rings is 2. The third-order valence-corrected chi connectivity index (χ3v) is 5.31. The number of ether oxygens (including phenoxy) is 2. The highest BCUT2D eigenvalue weighted by Gasteiger charge is 2.20. The third-order valence-electron chi connectivity index (χ3n) is 4.66. The highest BCUT2D eigenvalue weighted by molar-refractivity contribution is 7.98. The number of fused-ring (bicyclic) bond motifs is 2. The van der Waals surface area contributed by atoms with Crippen molar-refractivity contribution in [2.45, 2.75) is 18.9 Å². The number of hydrogen-bond acceptors (Lipinski definition) is 5. The van der Waals surface area contributed by atoms with Crippen LogP contribution >= 0.6 is 11.8 Å². The molecule has 0 radical (unpaired) electrons. The molecule has 4 rings (SSSR count). The molecule has 1 unspecified atom stereocenters. The Balaban J connectivity index is 1.56. The molecule has 1 aliphatic heterocycles. The quantitative estimate of drug-likeness (QED) is 0.659. The van der Waals surface area contributed by atoms with E-state index in [4.69, 9.17) is 9.47 Å². The Bertz CT molecular complexity index is 939. The number of para-hydroxylation sites is 2. The molecule has 0 saturated carbocycles. The van der Waals surface area contributed by atoms with Crippen LogP contribution in [0.5, 0.6) is 11.5 Å². The standard InChI is InChI=1S/C21H23N3O3S/c1-28-12-9-17(20-22-15-5-2-3-6-16(15)23-20)24-21(25)14-7-8-18-19(13-14)27-11-4-10-26-18/h2-3,5-8,13,17H,4,9-12H2,1H3,(H,22,23)(H,24,25). The molecule has 7 heteroatoms. The molecule has 2 heterocycles. The van der Waals surface area contributed by atoms with E-state index in [1.54, 1.807) is 30.0 Å². The van der Waals surface area contributed by atoms with Gasteiger partial charge in [-0.3, -0.25) is 4.79 Å². The van der Waals surface area contributed by atoms with Crippen LogP contribution in [0.2, 0.25) is 0 Å². The first-order chi connectivity index (χ1) is 13.7. The second-order valence-electron chi connectivity index (χ2n) is 6.66. The van der Waals surface area contributed by atoms with E-state index in [-0.39, 0.29) is 11.9 Å². The van der Waals surface area contributed by atoms with Gasteiger partial charge in [0.25, 0.3) is 5.91 Å². The summed E-state index contributed by atoms with van der Waals surface area (Å²) in [6.07, 6.45) is 3.68. The first-order valence-electron chi connectivity index (χ1n) is 9.38. The summed E-state index contributed by atoms with van der Waals surface area (Å²) in [5.74, 6) is 2.85. The van der Waals surface area contributed by atoms with Crippen molar-refractivity contribution in [2.24, 2.45) is 0 Å². The van der Waals surface area contributed by atoms with E-state index in [2.05, 4.69) is 21.5 Å². The Hall–Kier alpha value is -2.67. The van der Waals surface area contributed by atoms with Crippen molar-refractivity contribution in [3.8, 4) is 11.5 Å². The van der Waals surface area contributed by atoms with Crippen molar-refractivity contribution in [1.29, 1.82) is 0 Å². The van der Waals surface area contributed by atoms with Gasteiger partial charge in [0.2, 0.25) is 0 Å². The summed E-state index contributed by atoms with van der Waals surface area (Å²) >= 11 is 1.75. The monoisotopic (exact) mass is 397 g/mol. The number of rotatable bonds is 6. The molecular formula is C21H23N3O3S. The van der Waals surface area contributed by atoms with Crippen LogP contribution < -0.4 is 14.8 Å². The van der Waals surface area contributed by atoms with E-state index in [0.717, 1.165) is 35.5 Å². The lowest BCUT2D eigenvalue weighted by atomic mass is 10.1. The Morgan fingerprint density at radius 1 is 1.21 bits per heavy atom. The zero-order valence-corrected chi connectivity index (χ0v) is 16.6. The first kappa shape index (κ1) is 18.7. The molecule has 1 atom stereocenters. The summed E-state index contributed by atoms with van der Waals surface area (Å²) in [6, 6.07) is 13.0. The van der Waals surface area contributed by atoms with Crippen LogP contribution in [0.1, 0.15) is 35.1 Å². The topological polar surface area (TPSA) is 76.2 Å². The maximum Gasteiger partial charge on any atom is 0.252 e. The minimum atomic E-state index is -0.191. The summed E-state index contributed by atoms with van der Waals surface area (Å²) < 4.78 is 11.4. The van der Waals surface area contributed by atoms with Gasteiger partial charge in [0.15, 0.2) is 11.5 Å². The number of hydrogen-bond donors (Lipinski definition) is 2. The van der Waals surface area contributed by atoms with Crippen molar-refractivity contribution in [3.63, 3.8) is 0 Å². The van der Waals surface area contributed by atoms with Crippen molar-refractivity contribution < 1.29 is 14.3 Å². The van der Waals surface area contributed by atoms with Gasteiger partial charge in [-0.05, 0) is 48.8 Å². The zero-order valence-electron chi connectivity index (χ0n) is 15.7. The van der Waals surface area contributed by atoms with E-state index in [9.17, 15) is 4.79 Å². The van der Waals surface area contributed by atoms with Crippen LogP contribution in [-0.2, 0) is 0 Å². The summed E-state index contributed by atoms with van der Waals surface area (Å²) in [5, 5.41) is 3.13. The molecule has 1 amide bonds. The van der Waals surface area contributed by atoms with Crippen molar-refractivity contribution in [2.75, 3.05) is 25.2 Å². The fourth-order valence-corrected chi connectivity index (χ4v) is 3.67. The lowest BCUT2D eigenvalue weighted by molar-refractivity contribution is 0.0933. The molecule has 6 nitrogen and oxygen atoms in total. The lowest BCUT2D eigenvalue weighted by Gasteiger charge is -2.17. The van der Waals surface area contributed by atoms with E-state index < -0.39 is 0 Å². The number of imidazole rings is 1. The number of aromatic amines is 1. The van der Waals surface area contributed by atoms with E-state index in [1.807, 2.05) is 24.3 Å².